The molecule has 4 aromatic rings. The zero-order valence-corrected chi connectivity index (χ0v) is 18.8. The zero-order chi connectivity index (χ0) is 21.8. The Morgan fingerprint density at radius 2 is 1.59 bits per heavy atom. The number of H-pyrrole nitrogens is 1. The van der Waals surface area contributed by atoms with Crippen molar-refractivity contribution in [2.24, 2.45) is 10.8 Å². The molecule has 5 heteroatoms. The molecular formula is C27H28FNO3. The smallest absolute Gasteiger partial charge is 0.417 e. The molecule has 1 heterocycles. The average Bonchev–Trinajstić information content (AvgIpc) is 3.13. The number of benzene rings is 3. The maximum atomic E-state index is 11.8. The number of aromatic hydroxyl groups is 1. The first-order chi connectivity index (χ1) is 14.6. The summed E-state index contributed by atoms with van der Waals surface area (Å²) >= 11 is 0. The van der Waals surface area contributed by atoms with E-state index in [-0.39, 0.29) is 26.7 Å². The SMILES string of the molecule is CC1(C)CC(C)(C)CC2(C1)c1ccccc1-c1c2cc(O)c2cc3[nH]c(=O)oc3cc12.F. The monoisotopic (exact) mass is 433 g/mol. The number of phenols is 1. The third-order valence-electron chi connectivity index (χ3n) is 7.40. The Morgan fingerprint density at radius 3 is 2.31 bits per heavy atom. The lowest BCUT2D eigenvalue weighted by molar-refractivity contribution is 0.0645. The van der Waals surface area contributed by atoms with Crippen molar-refractivity contribution < 1.29 is 14.2 Å². The zero-order valence-electron chi connectivity index (χ0n) is 18.8. The third kappa shape index (κ3) is 2.70. The summed E-state index contributed by atoms with van der Waals surface area (Å²) in [5.41, 5.74) is 6.30. The number of hydrogen-bond donors (Lipinski definition) is 2. The second-order valence-corrected chi connectivity index (χ2v) is 11.2. The lowest BCUT2D eigenvalue weighted by Gasteiger charge is -2.51. The highest BCUT2D eigenvalue weighted by atomic mass is 19.0. The molecule has 1 aromatic heterocycles. The Labute approximate surface area is 185 Å². The van der Waals surface area contributed by atoms with Crippen molar-refractivity contribution >= 4 is 21.9 Å². The Bertz CT molecular complexity index is 1440. The van der Waals surface area contributed by atoms with E-state index in [1.807, 2.05) is 18.2 Å². The van der Waals surface area contributed by atoms with Gasteiger partial charge in [0.15, 0.2) is 5.58 Å². The molecule has 0 atom stereocenters. The molecule has 166 valence electrons. The van der Waals surface area contributed by atoms with Crippen LogP contribution >= 0.6 is 0 Å². The van der Waals surface area contributed by atoms with E-state index in [0.717, 1.165) is 23.6 Å². The summed E-state index contributed by atoms with van der Waals surface area (Å²) in [6.07, 6.45) is 3.26. The van der Waals surface area contributed by atoms with Gasteiger partial charge in [-0.3, -0.25) is 9.69 Å². The van der Waals surface area contributed by atoms with Gasteiger partial charge in [-0.15, -0.1) is 0 Å². The van der Waals surface area contributed by atoms with E-state index in [0.29, 0.717) is 11.1 Å². The Morgan fingerprint density at radius 1 is 0.906 bits per heavy atom. The molecule has 0 amide bonds. The van der Waals surface area contributed by atoms with Gasteiger partial charge < -0.3 is 9.52 Å². The number of rotatable bonds is 0. The highest BCUT2D eigenvalue weighted by Crippen LogP contribution is 2.64. The summed E-state index contributed by atoms with van der Waals surface area (Å²) in [7, 11) is 0. The van der Waals surface area contributed by atoms with E-state index in [1.54, 1.807) is 0 Å². The van der Waals surface area contributed by atoms with Crippen LogP contribution in [0.15, 0.2) is 51.7 Å². The number of halogens is 1. The molecule has 0 unspecified atom stereocenters. The van der Waals surface area contributed by atoms with E-state index < -0.39 is 5.76 Å². The highest BCUT2D eigenvalue weighted by molar-refractivity contribution is 6.09. The van der Waals surface area contributed by atoms with E-state index in [1.165, 1.54) is 28.7 Å². The van der Waals surface area contributed by atoms with Crippen LogP contribution in [0.4, 0.5) is 4.70 Å². The molecule has 4 nitrogen and oxygen atoms in total. The standard InChI is InChI=1S/C27H27NO3.FH/c1-25(2)12-26(3,4)14-27(13-25)18-8-6-5-7-15(18)23-17-10-22-20(28-24(30)31-22)9-16(17)21(29)11-19(23)27;/h5-11,29H,12-14H2,1-4H3,(H,28,30);1H. The summed E-state index contributed by atoms with van der Waals surface area (Å²) in [4.78, 5) is 14.5. The molecule has 0 radical (unpaired) electrons. The van der Waals surface area contributed by atoms with Crippen LogP contribution in [0.1, 0.15) is 58.1 Å². The van der Waals surface area contributed by atoms with Crippen molar-refractivity contribution in [3.63, 3.8) is 0 Å². The molecule has 3 aromatic carbocycles. The van der Waals surface area contributed by atoms with Crippen LogP contribution in [0.5, 0.6) is 5.75 Å². The summed E-state index contributed by atoms with van der Waals surface area (Å²) < 4.78 is 5.37. The topological polar surface area (TPSA) is 66.2 Å². The highest BCUT2D eigenvalue weighted by Gasteiger charge is 2.53. The van der Waals surface area contributed by atoms with Crippen molar-refractivity contribution in [1.29, 1.82) is 0 Å². The third-order valence-corrected chi connectivity index (χ3v) is 7.40. The predicted molar refractivity (Wildman–Crippen MR) is 126 cm³/mol. The van der Waals surface area contributed by atoms with Gasteiger partial charge in [0, 0.05) is 10.8 Å². The van der Waals surface area contributed by atoms with Gasteiger partial charge >= 0.3 is 5.76 Å². The molecular weight excluding hydrogens is 405 g/mol. The number of hydrogen-bond acceptors (Lipinski definition) is 3. The van der Waals surface area contributed by atoms with Crippen LogP contribution in [0.2, 0.25) is 0 Å². The Kier molecular flexibility index (Phi) is 4.06. The van der Waals surface area contributed by atoms with Crippen molar-refractivity contribution in [2.75, 3.05) is 0 Å². The number of aromatic amines is 1. The minimum Gasteiger partial charge on any atom is -0.507 e. The predicted octanol–water partition coefficient (Wildman–Crippen LogP) is 6.64. The number of nitrogens with one attached hydrogen (secondary N) is 1. The molecule has 2 N–H and O–H groups in total. The lowest BCUT2D eigenvalue weighted by Crippen LogP contribution is -2.43. The molecule has 6 rings (SSSR count). The van der Waals surface area contributed by atoms with Crippen molar-refractivity contribution in [1.82, 2.24) is 4.98 Å². The number of phenolic OH excluding ortho intramolecular Hbond substituents is 1. The largest absolute Gasteiger partial charge is 0.507 e. The number of aromatic nitrogens is 1. The quantitative estimate of drug-likeness (QED) is 0.327. The Balaban J connectivity index is 0.00000216. The number of oxazole rings is 1. The normalized spacial score (nSPS) is 19.6. The summed E-state index contributed by atoms with van der Waals surface area (Å²) in [6.45, 7) is 9.48. The summed E-state index contributed by atoms with van der Waals surface area (Å²) in [5, 5.41) is 12.8. The summed E-state index contributed by atoms with van der Waals surface area (Å²) in [5.74, 6) is -0.222. The molecule has 1 fully saturated rings. The fourth-order valence-electron chi connectivity index (χ4n) is 7.28. The fourth-order valence-corrected chi connectivity index (χ4v) is 7.28. The molecule has 32 heavy (non-hydrogen) atoms. The van der Waals surface area contributed by atoms with Crippen molar-refractivity contribution in [3.8, 4) is 16.9 Å². The van der Waals surface area contributed by atoms with Crippen LogP contribution in [0.3, 0.4) is 0 Å². The maximum absolute atomic E-state index is 11.8. The van der Waals surface area contributed by atoms with E-state index in [2.05, 4.69) is 56.9 Å². The first kappa shape index (κ1) is 20.8. The minimum atomic E-state index is -0.478. The second-order valence-electron chi connectivity index (χ2n) is 11.2. The van der Waals surface area contributed by atoms with Gasteiger partial charge in [-0.2, -0.15) is 0 Å². The first-order valence-electron chi connectivity index (χ1n) is 11.0. The van der Waals surface area contributed by atoms with Gasteiger partial charge in [0.1, 0.15) is 5.75 Å². The molecule has 0 aliphatic heterocycles. The maximum Gasteiger partial charge on any atom is 0.417 e. The van der Waals surface area contributed by atoms with Gasteiger partial charge in [0.05, 0.1) is 5.52 Å². The van der Waals surface area contributed by atoms with Crippen LogP contribution in [0, 0.1) is 10.8 Å². The van der Waals surface area contributed by atoms with Crippen LogP contribution in [0.25, 0.3) is 33.0 Å². The molecule has 1 spiro atoms. The van der Waals surface area contributed by atoms with E-state index in [4.69, 9.17) is 4.42 Å². The lowest BCUT2D eigenvalue weighted by atomic mass is 9.52. The Hall–Kier alpha value is -3.08. The molecule has 1 saturated carbocycles. The van der Waals surface area contributed by atoms with Gasteiger partial charge in [-0.05, 0) is 75.9 Å². The summed E-state index contributed by atoms with van der Waals surface area (Å²) in [6, 6.07) is 14.4. The van der Waals surface area contributed by atoms with E-state index >= 15 is 0 Å². The molecule has 2 aliphatic rings. The minimum absolute atomic E-state index is 0. The van der Waals surface area contributed by atoms with Gasteiger partial charge in [0.2, 0.25) is 0 Å². The number of fused-ring (bicyclic) bond motifs is 8. The van der Waals surface area contributed by atoms with Crippen molar-refractivity contribution in [3.05, 3.63) is 64.1 Å². The average molecular weight is 434 g/mol. The fraction of sp³-hybridized carbons (Fsp3) is 0.370. The van der Waals surface area contributed by atoms with Gasteiger partial charge in [-0.25, -0.2) is 4.79 Å². The van der Waals surface area contributed by atoms with Crippen LogP contribution in [-0.4, -0.2) is 10.1 Å². The van der Waals surface area contributed by atoms with Gasteiger partial charge in [-0.1, -0.05) is 52.0 Å². The van der Waals surface area contributed by atoms with Crippen LogP contribution < -0.4 is 5.76 Å². The van der Waals surface area contributed by atoms with E-state index in [9.17, 15) is 9.90 Å². The first-order valence-corrected chi connectivity index (χ1v) is 11.0. The van der Waals surface area contributed by atoms with Crippen LogP contribution in [-0.2, 0) is 5.41 Å². The van der Waals surface area contributed by atoms with Crippen molar-refractivity contribution in [2.45, 2.75) is 52.4 Å². The molecule has 2 aliphatic carbocycles. The molecule has 0 saturated heterocycles. The second kappa shape index (κ2) is 6.25. The molecule has 0 bridgehead atoms. The van der Waals surface area contributed by atoms with Gasteiger partial charge in [0.25, 0.3) is 0 Å².